The topological polar surface area (TPSA) is 84.2 Å². The minimum atomic E-state index is -3.59. The molecule has 0 spiro atoms. The molecule has 112 valence electrons. The Morgan fingerprint density at radius 2 is 1.43 bits per heavy atom. The van der Waals surface area contributed by atoms with Gasteiger partial charge < -0.3 is 5.43 Å². The van der Waals surface area contributed by atoms with Gasteiger partial charge in [-0.15, -0.1) is 0 Å². The van der Waals surface area contributed by atoms with Crippen molar-refractivity contribution in [2.45, 2.75) is 24.7 Å². The van der Waals surface area contributed by atoms with Crippen molar-refractivity contribution in [3.05, 3.63) is 54.1 Å². The molecule has 0 heterocycles. The van der Waals surface area contributed by atoms with E-state index in [4.69, 9.17) is 5.84 Å². The van der Waals surface area contributed by atoms with Crippen molar-refractivity contribution >= 4 is 21.4 Å². The van der Waals surface area contributed by atoms with Gasteiger partial charge in [-0.25, -0.2) is 8.42 Å². The molecule has 0 saturated heterocycles. The highest BCUT2D eigenvalue weighted by Crippen LogP contribution is 2.20. The van der Waals surface area contributed by atoms with Gasteiger partial charge in [0.25, 0.3) is 10.0 Å². The smallest absolute Gasteiger partial charge is 0.261 e. The van der Waals surface area contributed by atoms with Gasteiger partial charge in [-0.2, -0.15) is 0 Å². The maximum absolute atomic E-state index is 12.3. The largest absolute Gasteiger partial charge is 0.324 e. The number of sulfonamides is 1. The highest BCUT2D eigenvalue weighted by molar-refractivity contribution is 7.92. The lowest BCUT2D eigenvalue weighted by molar-refractivity contribution is 0.601. The third kappa shape index (κ3) is 3.74. The van der Waals surface area contributed by atoms with E-state index in [2.05, 4.69) is 24.0 Å². The van der Waals surface area contributed by atoms with Gasteiger partial charge in [-0.1, -0.05) is 26.0 Å². The van der Waals surface area contributed by atoms with Crippen molar-refractivity contribution in [1.82, 2.24) is 0 Å². The number of anilines is 2. The number of rotatable bonds is 5. The van der Waals surface area contributed by atoms with Crippen LogP contribution in [0.25, 0.3) is 0 Å². The van der Waals surface area contributed by atoms with Crippen LogP contribution < -0.4 is 16.0 Å². The maximum Gasteiger partial charge on any atom is 0.261 e. The molecule has 2 aromatic rings. The number of nitrogen functional groups attached to an aromatic ring is 1. The van der Waals surface area contributed by atoms with Gasteiger partial charge >= 0.3 is 0 Å². The summed E-state index contributed by atoms with van der Waals surface area (Å²) in [6.07, 6.45) is 0. The van der Waals surface area contributed by atoms with E-state index in [0.717, 1.165) is 5.56 Å². The van der Waals surface area contributed by atoms with Gasteiger partial charge in [-0.05, 0) is 47.9 Å². The third-order valence-electron chi connectivity index (χ3n) is 3.16. The molecule has 21 heavy (non-hydrogen) atoms. The monoisotopic (exact) mass is 305 g/mol. The summed E-state index contributed by atoms with van der Waals surface area (Å²) in [4.78, 5) is 0.189. The summed E-state index contributed by atoms with van der Waals surface area (Å²) in [7, 11) is -3.59. The molecule has 0 unspecified atom stereocenters. The molecule has 6 heteroatoms. The molecule has 0 aliphatic carbocycles. The van der Waals surface area contributed by atoms with Crippen molar-refractivity contribution in [3.8, 4) is 0 Å². The van der Waals surface area contributed by atoms with Crippen LogP contribution in [0.3, 0.4) is 0 Å². The van der Waals surface area contributed by atoms with Crippen LogP contribution >= 0.6 is 0 Å². The summed E-state index contributed by atoms with van der Waals surface area (Å²) in [6.45, 7) is 4.18. The Labute approximate surface area is 125 Å². The predicted octanol–water partition coefficient (Wildman–Crippen LogP) is 2.90. The van der Waals surface area contributed by atoms with E-state index < -0.39 is 10.0 Å². The van der Waals surface area contributed by atoms with E-state index in [9.17, 15) is 8.42 Å². The zero-order valence-corrected chi connectivity index (χ0v) is 12.8. The van der Waals surface area contributed by atoms with Crippen LogP contribution in [-0.2, 0) is 10.0 Å². The van der Waals surface area contributed by atoms with Crippen molar-refractivity contribution in [2.24, 2.45) is 5.84 Å². The quantitative estimate of drug-likeness (QED) is 0.586. The van der Waals surface area contributed by atoms with Crippen molar-refractivity contribution in [1.29, 1.82) is 0 Å². The Kier molecular flexibility index (Phi) is 4.50. The molecular formula is C15H19N3O2S. The maximum atomic E-state index is 12.3. The third-order valence-corrected chi connectivity index (χ3v) is 4.56. The fraction of sp³-hybridized carbons (Fsp3) is 0.200. The fourth-order valence-corrected chi connectivity index (χ4v) is 2.94. The Bertz CT molecular complexity index is 693. The average molecular weight is 305 g/mol. The summed E-state index contributed by atoms with van der Waals surface area (Å²) in [5.74, 6) is 5.67. The lowest BCUT2D eigenvalue weighted by atomic mass is 10.0. The number of hydrogen-bond donors (Lipinski definition) is 3. The Hall–Kier alpha value is -2.05. The van der Waals surface area contributed by atoms with E-state index in [-0.39, 0.29) is 4.90 Å². The second-order valence-corrected chi connectivity index (χ2v) is 6.73. The van der Waals surface area contributed by atoms with Gasteiger partial charge in [0.2, 0.25) is 0 Å². The normalized spacial score (nSPS) is 11.4. The molecule has 0 radical (unpaired) electrons. The second-order valence-electron chi connectivity index (χ2n) is 5.05. The standard InChI is InChI=1S/C15H19N3O2S/c1-11(2)12-3-5-14(6-4-12)18-21(19,20)15-9-7-13(17-16)8-10-15/h3-11,17-18H,16H2,1-2H3. The van der Waals surface area contributed by atoms with Crippen LogP contribution in [0, 0.1) is 0 Å². The van der Waals surface area contributed by atoms with E-state index in [1.165, 1.54) is 12.1 Å². The molecule has 0 amide bonds. The highest BCUT2D eigenvalue weighted by atomic mass is 32.2. The molecule has 2 rings (SSSR count). The van der Waals surface area contributed by atoms with Crippen LogP contribution in [0.1, 0.15) is 25.3 Å². The van der Waals surface area contributed by atoms with Crippen LogP contribution in [0.2, 0.25) is 0 Å². The number of hydrogen-bond acceptors (Lipinski definition) is 4. The molecule has 4 N–H and O–H groups in total. The molecule has 0 fully saturated rings. The molecular weight excluding hydrogens is 286 g/mol. The minimum Gasteiger partial charge on any atom is -0.324 e. The average Bonchev–Trinajstić information content (AvgIpc) is 2.47. The van der Waals surface area contributed by atoms with Gasteiger partial charge in [0, 0.05) is 11.4 Å². The summed E-state index contributed by atoms with van der Waals surface area (Å²) in [6, 6.07) is 13.6. The van der Waals surface area contributed by atoms with Crippen molar-refractivity contribution < 1.29 is 8.42 Å². The summed E-state index contributed by atoms with van der Waals surface area (Å²) in [5, 5.41) is 0. The number of nitrogens with one attached hydrogen (secondary N) is 2. The Balaban J connectivity index is 2.19. The number of hydrazine groups is 1. The lowest BCUT2D eigenvalue weighted by Crippen LogP contribution is -2.13. The Morgan fingerprint density at radius 3 is 1.90 bits per heavy atom. The number of nitrogens with two attached hydrogens (primary N) is 1. The van der Waals surface area contributed by atoms with Gasteiger partial charge in [0.05, 0.1) is 4.90 Å². The molecule has 0 aromatic heterocycles. The summed E-state index contributed by atoms with van der Waals surface area (Å²) >= 11 is 0. The van der Waals surface area contributed by atoms with Gasteiger partial charge in [-0.3, -0.25) is 10.6 Å². The molecule has 5 nitrogen and oxygen atoms in total. The van der Waals surface area contributed by atoms with Crippen molar-refractivity contribution in [2.75, 3.05) is 10.1 Å². The van der Waals surface area contributed by atoms with Crippen LogP contribution in [0.4, 0.5) is 11.4 Å². The highest BCUT2D eigenvalue weighted by Gasteiger charge is 2.14. The first-order valence-corrected chi connectivity index (χ1v) is 8.10. The number of benzene rings is 2. The van der Waals surface area contributed by atoms with Crippen molar-refractivity contribution in [3.63, 3.8) is 0 Å². The Morgan fingerprint density at radius 1 is 0.905 bits per heavy atom. The molecule has 0 saturated carbocycles. The van der Waals surface area contributed by atoms with Gasteiger partial charge in [0.1, 0.15) is 0 Å². The molecule has 0 bridgehead atoms. The summed E-state index contributed by atoms with van der Waals surface area (Å²) in [5.41, 5.74) is 4.81. The minimum absolute atomic E-state index is 0.189. The van der Waals surface area contributed by atoms with E-state index in [0.29, 0.717) is 17.3 Å². The first-order valence-electron chi connectivity index (χ1n) is 6.62. The molecule has 2 aromatic carbocycles. The van der Waals surface area contributed by atoms with Crippen LogP contribution in [0.5, 0.6) is 0 Å². The molecule has 0 aliphatic heterocycles. The second kappa shape index (κ2) is 6.15. The fourth-order valence-electron chi connectivity index (χ4n) is 1.88. The summed E-state index contributed by atoms with van der Waals surface area (Å²) < 4.78 is 27.1. The zero-order valence-electron chi connectivity index (χ0n) is 12.0. The van der Waals surface area contributed by atoms with E-state index >= 15 is 0 Å². The van der Waals surface area contributed by atoms with E-state index in [1.807, 2.05) is 12.1 Å². The van der Waals surface area contributed by atoms with E-state index in [1.54, 1.807) is 24.3 Å². The van der Waals surface area contributed by atoms with Crippen LogP contribution in [-0.4, -0.2) is 8.42 Å². The van der Waals surface area contributed by atoms with Gasteiger partial charge in [0.15, 0.2) is 0 Å². The van der Waals surface area contributed by atoms with Crippen LogP contribution in [0.15, 0.2) is 53.4 Å². The molecule has 0 atom stereocenters. The predicted molar refractivity (Wildman–Crippen MR) is 85.6 cm³/mol. The lowest BCUT2D eigenvalue weighted by Gasteiger charge is -2.10. The first-order chi connectivity index (χ1) is 9.92. The zero-order chi connectivity index (χ0) is 15.5. The first kappa shape index (κ1) is 15.3. The molecule has 0 aliphatic rings. The SMILES string of the molecule is CC(C)c1ccc(NS(=O)(=O)c2ccc(NN)cc2)cc1.